The fraction of sp³-hybridized carbons (Fsp3) is 1.00. The van der Waals surface area contributed by atoms with Crippen LogP contribution in [0.2, 0.25) is 0 Å². The van der Waals surface area contributed by atoms with Crippen LogP contribution in [0.15, 0.2) is 0 Å². The van der Waals surface area contributed by atoms with Gasteiger partial charge in [0.2, 0.25) is 0 Å². The van der Waals surface area contributed by atoms with Crippen LogP contribution in [-0.4, -0.2) is 27.8 Å². The molecule has 0 aliphatic heterocycles. The Balaban J connectivity index is 1.50. The summed E-state index contributed by atoms with van der Waals surface area (Å²) in [6, 6.07) is 0. The second-order valence-corrected chi connectivity index (χ2v) is 8.59. The van der Waals surface area contributed by atoms with Crippen LogP contribution in [0.3, 0.4) is 0 Å². The minimum atomic E-state index is -1.54. The van der Waals surface area contributed by atoms with Crippen molar-refractivity contribution in [1.29, 1.82) is 0 Å². The molecule has 3 aliphatic carbocycles. The van der Waals surface area contributed by atoms with E-state index in [2.05, 4.69) is 0 Å². The number of hydrogen-bond donors (Lipinski definition) is 0. The standard InChI is InChI=1S/C18H33O3Si/c1-4-10-16(11-5-1)19-22(20-17-12-6-2-7-13-17)21-18-14-8-3-9-15-18/h16-18H,1-15H2. The van der Waals surface area contributed by atoms with E-state index in [0.717, 1.165) is 0 Å². The second-order valence-electron chi connectivity index (χ2n) is 7.38. The van der Waals surface area contributed by atoms with Crippen LogP contribution in [-0.2, 0) is 13.3 Å². The summed E-state index contributed by atoms with van der Waals surface area (Å²) in [5, 5.41) is 0. The van der Waals surface area contributed by atoms with Gasteiger partial charge in [0, 0.05) is 18.3 Å². The van der Waals surface area contributed by atoms with E-state index in [1.807, 2.05) is 0 Å². The van der Waals surface area contributed by atoms with Gasteiger partial charge in [0.15, 0.2) is 0 Å². The largest absolute Gasteiger partial charge is 0.578 e. The minimum absolute atomic E-state index is 0.398. The molecule has 3 rings (SSSR count). The van der Waals surface area contributed by atoms with Crippen molar-refractivity contribution in [2.24, 2.45) is 0 Å². The van der Waals surface area contributed by atoms with Gasteiger partial charge in [-0.15, -0.1) is 0 Å². The summed E-state index contributed by atoms with van der Waals surface area (Å²) in [5.41, 5.74) is 0. The zero-order valence-corrected chi connectivity index (χ0v) is 15.1. The molecule has 127 valence electrons. The van der Waals surface area contributed by atoms with Gasteiger partial charge in [-0.3, -0.25) is 0 Å². The number of hydrogen-bond acceptors (Lipinski definition) is 3. The van der Waals surface area contributed by atoms with E-state index in [1.165, 1.54) is 96.3 Å². The first-order valence-electron chi connectivity index (χ1n) is 9.77. The van der Waals surface area contributed by atoms with Crippen LogP contribution in [0.4, 0.5) is 0 Å². The normalized spacial score (nSPS) is 26.6. The molecule has 0 aromatic rings. The molecule has 0 bridgehead atoms. The van der Waals surface area contributed by atoms with Gasteiger partial charge in [-0.2, -0.15) is 0 Å². The summed E-state index contributed by atoms with van der Waals surface area (Å²) in [6.45, 7) is 0. The molecule has 3 aliphatic rings. The summed E-state index contributed by atoms with van der Waals surface area (Å²) >= 11 is 0. The molecule has 3 saturated carbocycles. The van der Waals surface area contributed by atoms with Crippen molar-refractivity contribution in [2.45, 2.75) is 115 Å². The van der Waals surface area contributed by atoms with Crippen LogP contribution in [0, 0.1) is 0 Å². The van der Waals surface area contributed by atoms with Gasteiger partial charge in [0.05, 0.1) is 0 Å². The molecule has 0 unspecified atom stereocenters. The van der Waals surface area contributed by atoms with E-state index < -0.39 is 9.53 Å². The van der Waals surface area contributed by atoms with Gasteiger partial charge in [-0.05, 0) is 38.5 Å². The highest BCUT2D eigenvalue weighted by molar-refractivity contribution is 6.36. The molecule has 0 atom stereocenters. The molecule has 3 nitrogen and oxygen atoms in total. The number of rotatable bonds is 6. The molecule has 1 radical (unpaired) electrons. The maximum atomic E-state index is 6.35. The van der Waals surface area contributed by atoms with E-state index in [1.54, 1.807) is 0 Å². The SMILES string of the molecule is C1CCC(O[Si](OC2CCCCC2)OC2CCCCC2)CC1. The fourth-order valence-electron chi connectivity index (χ4n) is 4.04. The highest BCUT2D eigenvalue weighted by Crippen LogP contribution is 2.27. The minimum Gasteiger partial charge on any atom is -0.368 e. The Morgan fingerprint density at radius 2 is 0.682 bits per heavy atom. The third-order valence-corrected chi connectivity index (χ3v) is 7.02. The zero-order valence-electron chi connectivity index (χ0n) is 14.1. The van der Waals surface area contributed by atoms with Gasteiger partial charge < -0.3 is 13.3 Å². The quantitative estimate of drug-likeness (QED) is 0.642. The van der Waals surface area contributed by atoms with Crippen molar-refractivity contribution in [3.05, 3.63) is 0 Å². The van der Waals surface area contributed by atoms with E-state index in [4.69, 9.17) is 13.3 Å². The van der Waals surface area contributed by atoms with Crippen LogP contribution < -0.4 is 0 Å². The Kier molecular flexibility index (Phi) is 7.24. The molecule has 0 aromatic heterocycles. The molecule has 0 saturated heterocycles. The first kappa shape index (κ1) is 16.9. The summed E-state index contributed by atoms with van der Waals surface area (Å²) in [7, 11) is -1.54. The van der Waals surface area contributed by atoms with E-state index >= 15 is 0 Å². The first-order valence-corrected chi connectivity index (χ1v) is 11.0. The van der Waals surface area contributed by atoms with Crippen molar-refractivity contribution in [3.8, 4) is 0 Å². The molecule has 3 fully saturated rings. The third kappa shape index (κ3) is 5.62. The van der Waals surface area contributed by atoms with Gasteiger partial charge in [0.1, 0.15) is 0 Å². The van der Waals surface area contributed by atoms with Gasteiger partial charge in [-0.25, -0.2) is 0 Å². The average Bonchev–Trinajstić information content (AvgIpc) is 2.57. The highest BCUT2D eigenvalue weighted by atomic mass is 28.3. The summed E-state index contributed by atoms with van der Waals surface area (Å²) in [6.07, 6.45) is 20.4. The Hall–Kier alpha value is 0.0969. The van der Waals surface area contributed by atoms with Gasteiger partial charge >= 0.3 is 9.53 Å². The lowest BCUT2D eigenvalue weighted by Crippen LogP contribution is -2.40. The molecule has 0 spiro atoms. The predicted octanol–water partition coefficient (Wildman–Crippen LogP) is 5.02. The van der Waals surface area contributed by atoms with Crippen molar-refractivity contribution in [2.75, 3.05) is 0 Å². The lowest BCUT2D eigenvalue weighted by Gasteiger charge is -2.32. The maximum absolute atomic E-state index is 6.35. The molecule has 4 heteroatoms. The lowest BCUT2D eigenvalue weighted by atomic mass is 9.98. The molecule has 0 aromatic carbocycles. The fourth-order valence-corrected chi connectivity index (χ4v) is 5.73. The highest BCUT2D eigenvalue weighted by Gasteiger charge is 2.32. The zero-order chi connectivity index (χ0) is 15.0. The predicted molar refractivity (Wildman–Crippen MR) is 89.6 cm³/mol. The summed E-state index contributed by atoms with van der Waals surface area (Å²) in [5.74, 6) is 0. The van der Waals surface area contributed by atoms with Crippen LogP contribution in [0.5, 0.6) is 0 Å². The van der Waals surface area contributed by atoms with Crippen molar-refractivity contribution in [1.82, 2.24) is 0 Å². The summed E-state index contributed by atoms with van der Waals surface area (Å²) in [4.78, 5) is 0. The van der Waals surface area contributed by atoms with E-state index in [0.29, 0.717) is 18.3 Å². The Morgan fingerprint density at radius 3 is 0.955 bits per heavy atom. The molecule has 0 N–H and O–H groups in total. The first-order chi connectivity index (χ1) is 10.9. The third-order valence-electron chi connectivity index (χ3n) is 5.45. The van der Waals surface area contributed by atoms with Gasteiger partial charge in [-0.1, -0.05) is 57.8 Å². The lowest BCUT2D eigenvalue weighted by molar-refractivity contribution is -0.0154. The molecular weight excluding hydrogens is 292 g/mol. The smallest absolute Gasteiger partial charge is 0.368 e. The Labute approximate surface area is 138 Å². The molecular formula is C18H33O3Si. The van der Waals surface area contributed by atoms with E-state index in [9.17, 15) is 0 Å². The molecule has 0 heterocycles. The van der Waals surface area contributed by atoms with Crippen molar-refractivity contribution >= 4 is 9.53 Å². The Morgan fingerprint density at radius 1 is 0.409 bits per heavy atom. The topological polar surface area (TPSA) is 27.7 Å². The summed E-state index contributed by atoms with van der Waals surface area (Å²) < 4.78 is 19.1. The van der Waals surface area contributed by atoms with Crippen LogP contribution in [0.1, 0.15) is 96.3 Å². The van der Waals surface area contributed by atoms with Crippen LogP contribution >= 0.6 is 0 Å². The Bertz CT molecular complexity index is 247. The monoisotopic (exact) mass is 325 g/mol. The maximum Gasteiger partial charge on any atom is 0.578 e. The van der Waals surface area contributed by atoms with Gasteiger partial charge in [0.25, 0.3) is 0 Å². The average molecular weight is 326 g/mol. The van der Waals surface area contributed by atoms with Crippen molar-refractivity contribution < 1.29 is 13.3 Å². The molecule has 22 heavy (non-hydrogen) atoms. The van der Waals surface area contributed by atoms with E-state index in [-0.39, 0.29) is 0 Å². The van der Waals surface area contributed by atoms with Crippen molar-refractivity contribution in [3.63, 3.8) is 0 Å². The molecule has 0 amide bonds. The van der Waals surface area contributed by atoms with Crippen LogP contribution in [0.25, 0.3) is 0 Å². The second kappa shape index (κ2) is 9.41.